The Balaban J connectivity index is 2.24. The van der Waals surface area contributed by atoms with Gasteiger partial charge in [0, 0.05) is 11.6 Å². The summed E-state index contributed by atoms with van der Waals surface area (Å²) in [6, 6.07) is 3.66. The maximum atomic E-state index is 13.2. The summed E-state index contributed by atoms with van der Waals surface area (Å²) in [5, 5.41) is 2.87. The summed E-state index contributed by atoms with van der Waals surface area (Å²) in [7, 11) is 0. The summed E-state index contributed by atoms with van der Waals surface area (Å²) in [6.07, 6.45) is 1.57. The number of nitrogens with two attached hydrogens (primary N) is 1. The number of amides is 1. The molecule has 1 heterocycles. The predicted molar refractivity (Wildman–Crippen MR) is 65.7 cm³/mol. The quantitative estimate of drug-likeness (QED) is 0.838. The van der Waals surface area contributed by atoms with Crippen molar-refractivity contribution in [2.24, 2.45) is 5.73 Å². The zero-order chi connectivity index (χ0) is 13.1. The monoisotopic (exact) mass is 252 g/mol. The number of rotatable bonds is 2. The Morgan fingerprint density at radius 1 is 1.61 bits per heavy atom. The van der Waals surface area contributed by atoms with Gasteiger partial charge in [-0.05, 0) is 25.8 Å². The molecule has 1 aromatic rings. The third kappa shape index (κ3) is 2.79. The first-order valence-electron chi connectivity index (χ1n) is 6.06. The molecule has 0 radical (unpaired) electrons. The molecule has 0 saturated carbocycles. The smallest absolute Gasteiger partial charge is 0.237 e. The highest BCUT2D eigenvalue weighted by Gasteiger charge is 2.22. The topological polar surface area (TPSA) is 64.4 Å². The third-order valence-corrected chi connectivity index (χ3v) is 2.98. The van der Waals surface area contributed by atoms with E-state index in [4.69, 9.17) is 10.5 Å². The summed E-state index contributed by atoms with van der Waals surface area (Å²) in [5.41, 5.74) is 6.34. The molecule has 98 valence electrons. The second kappa shape index (κ2) is 5.35. The van der Waals surface area contributed by atoms with E-state index in [1.807, 2.05) is 0 Å². The Bertz CT molecular complexity index is 449. The number of halogens is 1. The molecule has 2 rings (SSSR count). The van der Waals surface area contributed by atoms with Crippen molar-refractivity contribution in [3.63, 3.8) is 0 Å². The molecule has 1 aliphatic heterocycles. The average Bonchev–Trinajstić information content (AvgIpc) is 2.51. The van der Waals surface area contributed by atoms with Crippen molar-refractivity contribution in [2.75, 3.05) is 6.61 Å². The van der Waals surface area contributed by atoms with Crippen LogP contribution in [0.1, 0.15) is 31.4 Å². The van der Waals surface area contributed by atoms with Gasteiger partial charge in [0.25, 0.3) is 0 Å². The summed E-state index contributed by atoms with van der Waals surface area (Å²) < 4.78 is 18.6. The highest BCUT2D eigenvalue weighted by atomic mass is 19.1. The molecule has 4 nitrogen and oxygen atoms in total. The Morgan fingerprint density at radius 2 is 2.39 bits per heavy atom. The SMILES string of the molecule is CC(N)C(=O)NC1CCCOc2cc(F)ccc21. The van der Waals surface area contributed by atoms with E-state index in [1.165, 1.54) is 12.1 Å². The van der Waals surface area contributed by atoms with Crippen LogP contribution in [-0.2, 0) is 4.79 Å². The van der Waals surface area contributed by atoms with E-state index < -0.39 is 6.04 Å². The van der Waals surface area contributed by atoms with E-state index in [2.05, 4.69) is 5.32 Å². The fourth-order valence-electron chi connectivity index (χ4n) is 2.00. The minimum Gasteiger partial charge on any atom is -0.493 e. The van der Waals surface area contributed by atoms with Crippen LogP contribution in [-0.4, -0.2) is 18.6 Å². The zero-order valence-corrected chi connectivity index (χ0v) is 10.3. The van der Waals surface area contributed by atoms with E-state index in [0.717, 1.165) is 18.4 Å². The van der Waals surface area contributed by atoms with Gasteiger partial charge in [0.05, 0.1) is 18.7 Å². The minimum absolute atomic E-state index is 0.165. The zero-order valence-electron chi connectivity index (χ0n) is 10.3. The van der Waals surface area contributed by atoms with Gasteiger partial charge in [0.2, 0.25) is 5.91 Å². The predicted octanol–water partition coefficient (Wildman–Crippen LogP) is 1.50. The van der Waals surface area contributed by atoms with Gasteiger partial charge in [-0.15, -0.1) is 0 Å². The number of hydrogen-bond acceptors (Lipinski definition) is 3. The highest BCUT2D eigenvalue weighted by molar-refractivity contribution is 5.81. The molecule has 5 heteroatoms. The first kappa shape index (κ1) is 12.8. The van der Waals surface area contributed by atoms with Crippen molar-refractivity contribution in [2.45, 2.75) is 31.8 Å². The van der Waals surface area contributed by atoms with Crippen LogP contribution < -0.4 is 15.8 Å². The summed E-state index contributed by atoms with van der Waals surface area (Å²) in [6.45, 7) is 2.16. The number of fused-ring (bicyclic) bond motifs is 1. The number of benzene rings is 1. The lowest BCUT2D eigenvalue weighted by Gasteiger charge is -2.19. The molecular formula is C13H17FN2O2. The molecule has 0 spiro atoms. The van der Waals surface area contributed by atoms with Crippen molar-refractivity contribution in [3.8, 4) is 5.75 Å². The minimum atomic E-state index is -0.557. The van der Waals surface area contributed by atoms with Crippen LogP contribution in [0.25, 0.3) is 0 Å². The molecule has 18 heavy (non-hydrogen) atoms. The number of hydrogen-bond donors (Lipinski definition) is 2. The number of nitrogens with one attached hydrogen (secondary N) is 1. The molecule has 0 fully saturated rings. The molecule has 2 atom stereocenters. The van der Waals surface area contributed by atoms with Crippen molar-refractivity contribution < 1.29 is 13.9 Å². The summed E-state index contributed by atoms with van der Waals surface area (Å²) >= 11 is 0. The van der Waals surface area contributed by atoms with E-state index in [9.17, 15) is 9.18 Å². The third-order valence-electron chi connectivity index (χ3n) is 2.98. The Labute approximate surface area is 105 Å². The van der Waals surface area contributed by atoms with Crippen molar-refractivity contribution in [1.29, 1.82) is 0 Å². The van der Waals surface area contributed by atoms with Crippen molar-refractivity contribution in [1.82, 2.24) is 5.32 Å². The molecule has 2 unspecified atom stereocenters. The van der Waals surface area contributed by atoms with Crippen molar-refractivity contribution in [3.05, 3.63) is 29.6 Å². The molecule has 0 aromatic heterocycles. The molecular weight excluding hydrogens is 235 g/mol. The van der Waals surface area contributed by atoms with Crippen LogP contribution in [0, 0.1) is 5.82 Å². The van der Waals surface area contributed by atoms with Gasteiger partial charge in [-0.25, -0.2) is 4.39 Å². The van der Waals surface area contributed by atoms with Gasteiger partial charge in [-0.3, -0.25) is 4.79 Å². The standard InChI is InChI=1S/C13H17FN2O2/c1-8(15)13(17)16-11-3-2-6-18-12-7-9(14)4-5-10(11)12/h4-5,7-8,11H,2-3,6,15H2,1H3,(H,16,17). The van der Waals surface area contributed by atoms with Crippen LogP contribution in [0.15, 0.2) is 18.2 Å². The van der Waals surface area contributed by atoms with Crippen LogP contribution in [0.3, 0.4) is 0 Å². The van der Waals surface area contributed by atoms with E-state index in [1.54, 1.807) is 13.0 Å². The molecule has 3 N–H and O–H groups in total. The van der Waals surface area contributed by atoms with Gasteiger partial charge >= 0.3 is 0 Å². The number of ether oxygens (including phenoxy) is 1. The van der Waals surface area contributed by atoms with E-state index in [0.29, 0.717) is 12.4 Å². The fourth-order valence-corrected chi connectivity index (χ4v) is 2.00. The molecule has 0 aliphatic carbocycles. The lowest BCUT2D eigenvalue weighted by Crippen LogP contribution is -2.40. The van der Waals surface area contributed by atoms with Gasteiger partial charge in [0.15, 0.2) is 0 Å². The molecule has 0 saturated heterocycles. The van der Waals surface area contributed by atoms with Crippen LogP contribution in [0.2, 0.25) is 0 Å². The largest absolute Gasteiger partial charge is 0.493 e. The van der Waals surface area contributed by atoms with Crippen LogP contribution in [0.4, 0.5) is 4.39 Å². The van der Waals surface area contributed by atoms with E-state index in [-0.39, 0.29) is 17.8 Å². The Hall–Kier alpha value is -1.62. The van der Waals surface area contributed by atoms with Crippen molar-refractivity contribution >= 4 is 5.91 Å². The first-order valence-corrected chi connectivity index (χ1v) is 6.06. The second-order valence-electron chi connectivity index (χ2n) is 4.52. The Kier molecular flexibility index (Phi) is 3.81. The summed E-state index contributed by atoms with van der Waals surface area (Å²) in [4.78, 5) is 11.6. The lowest BCUT2D eigenvalue weighted by molar-refractivity contribution is -0.122. The lowest BCUT2D eigenvalue weighted by atomic mass is 10.0. The maximum absolute atomic E-state index is 13.2. The van der Waals surface area contributed by atoms with Gasteiger partial charge in [0.1, 0.15) is 11.6 Å². The molecule has 1 amide bonds. The number of carbonyl (C=O) groups is 1. The number of carbonyl (C=O) groups excluding carboxylic acids is 1. The second-order valence-corrected chi connectivity index (χ2v) is 4.52. The average molecular weight is 252 g/mol. The molecule has 1 aromatic carbocycles. The van der Waals surface area contributed by atoms with Gasteiger partial charge in [-0.2, -0.15) is 0 Å². The normalized spacial score (nSPS) is 20.3. The molecule has 1 aliphatic rings. The maximum Gasteiger partial charge on any atom is 0.237 e. The van der Waals surface area contributed by atoms with Crippen LogP contribution >= 0.6 is 0 Å². The van der Waals surface area contributed by atoms with Crippen LogP contribution in [0.5, 0.6) is 5.75 Å². The first-order chi connectivity index (χ1) is 8.58. The van der Waals surface area contributed by atoms with Gasteiger partial charge < -0.3 is 15.8 Å². The fraction of sp³-hybridized carbons (Fsp3) is 0.462. The highest BCUT2D eigenvalue weighted by Crippen LogP contribution is 2.31. The van der Waals surface area contributed by atoms with E-state index >= 15 is 0 Å². The summed E-state index contributed by atoms with van der Waals surface area (Å²) in [5.74, 6) is -0.0485. The molecule has 0 bridgehead atoms. The Morgan fingerprint density at radius 3 is 3.11 bits per heavy atom. The van der Waals surface area contributed by atoms with Gasteiger partial charge in [-0.1, -0.05) is 6.07 Å².